The molecule has 0 unspecified atom stereocenters. The van der Waals surface area contributed by atoms with E-state index < -0.39 is 0 Å². The van der Waals surface area contributed by atoms with E-state index in [4.69, 9.17) is 10.5 Å². The molecule has 0 radical (unpaired) electrons. The predicted molar refractivity (Wildman–Crippen MR) is 103 cm³/mol. The third-order valence-electron chi connectivity index (χ3n) is 4.41. The number of para-hydroxylation sites is 1. The molecule has 3 aromatic carbocycles. The van der Waals surface area contributed by atoms with E-state index in [1.54, 1.807) is 36.4 Å². The number of hydrogen-bond acceptors (Lipinski definition) is 4. The number of nitrogens with two attached hydrogens (primary N) is 1. The minimum atomic E-state index is -0.248. The molecule has 0 fully saturated rings. The largest absolute Gasteiger partial charge is 0.481 e. The summed E-state index contributed by atoms with van der Waals surface area (Å²) in [5.41, 5.74) is 8.26. The van der Waals surface area contributed by atoms with Crippen LogP contribution in [-0.2, 0) is 0 Å². The summed E-state index contributed by atoms with van der Waals surface area (Å²) in [6.07, 6.45) is 0. The Kier molecular flexibility index (Phi) is 4.19. The molecular formula is C23H15NO3. The fourth-order valence-corrected chi connectivity index (χ4v) is 3.09. The number of ether oxygens (including phenoxy) is 1. The summed E-state index contributed by atoms with van der Waals surface area (Å²) in [4.78, 5) is 25.5. The minimum Gasteiger partial charge on any atom is -0.481 e. The molecule has 130 valence electrons. The van der Waals surface area contributed by atoms with Gasteiger partial charge in [0.2, 0.25) is 0 Å². The van der Waals surface area contributed by atoms with Crippen molar-refractivity contribution in [2.75, 3.05) is 12.3 Å². The summed E-state index contributed by atoms with van der Waals surface area (Å²) in [5, 5.41) is 0. The number of carbonyl (C=O) groups is 2. The summed E-state index contributed by atoms with van der Waals surface area (Å²) in [7, 11) is 0. The third kappa shape index (κ3) is 2.96. The minimum absolute atomic E-state index is 0.191. The molecule has 4 rings (SSSR count). The highest BCUT2D eigenvalue weighted by molar-refractivity contribution is 6.30. The van der Waals surface area contributed by atoms with Crippen molar-refractivity contribution in [3.63, 3.8) is 0 Å². The molecule has 1 aliphatic rings. The molecule has 0 atom stereocenters. The van der Waals surface area contributed by atoms with E-state index in [1.807, 2.05) is 30.3 Å². The van der Waals surface area contributed by atoms with Crippen molar-refractivity contribution < 1.29 is 14.3 Å². The molecule has 0 saturated heterocycles. The zero-order valence-corrected chi connectivity index (χ0v) is 14.4. The first-order valence-electron chi connectivity index (χ1n) is 8.44. The lowest BCUT2D eigenvalue weighted by Gasteiger charge is -2.19. The Bertz CT molecular complexity index is 1120. The molecule has 4 heteroatoms. The summed E-state index contributed by atoms with van der Waals surface area (Å²) < 4.78 is 5.53. The van der Waals surface area contributed by atoms with Gasteiger partial charge in [-0.2, -0.15) is 0 Å². The highest BCUT2D eigenvalue weighted by atomic mass is 16.5. The van der Waals surface area contributed by atoms with Crippen molar-refractivity contribution in [3.05, 3.63) is 94.5 Å². The molecule has 2 N–H and O–H groups in total. The fraction of sp³-hybridized carbons (Fsp3) is 0.0435. The van der Waals surface area contributed by atoms with Gasteiger partial charge in [-0.05, 0) is 24.3 Å². The maximum Gasteiger partial charge on any atom is 0.196 e. The quantitative estimate of drug-likeness (QED) is 0.442. The molecule has 3 aromatic rings. The normalized spacial score (nSPS) is 11.9. The Morgan fingerprint density at radius 3 is 2.19 bits per heavy atom. The lowest BCUT2D eigenvalue weighted by molar-refractivity contribution is 0.0979. The molecule has 0 spiro atoms. The van der Waals surface area contributed by atoms with Crippen molar-refractivity contribution in [3.8, 4) is 17.6 Å². The van der Waals surface area contributed by atoms with Gasteiger partial charge in [0.1, 0.15) is 12.4 Å². The molecule has 0 amide bonds. The molecule has 0 aliphatic heterocycles. The SMILES string of the molecule is Nc1c(C#CCOc2ccccc2)ccc2c1C(=O)c1ccccc1C2=O. The van der Waals surface area contributed by atoms with Crippen molar-refractivity contribution in [1.82, 2.24) is 0 Å². The summed E-state index contributed by atoms with van der Waals surface area (Å²) in [5.74, 6) is 6.10. The van der Waals surface area contributed by atoms with Gasteiger partial charge < -0.3 is 10.5 Å². The van der Waals surface area contributed by atoms with Gasteiger partial charge in [0.25, 0.3) is 0 Å². The van der Waals surface area contributed by atoms with Crippen LogP contribution in [0.15, 0.2) is 66.7 Å². The molecule has 0 aromatic heterocycles. The zero-order valence-electron chi connectivity index (χ0n) is 14.4. The monoisotopic (exact) mass is 353 g/mol. The van der Waals surface area contributed by atoms with Crippen LogP contribution >= 0.6 is 0 Å². The van der Waals surface area contributed by atoms with E-state index in [0.717, 1.165) is 5.75 Å². The lowest BCUT2D eigenvalue weighted by atomic mass is 9.82. The second-order valence-electron chi connectivity index (χ2n) is 6.06. The maximum absolute atomic E-state index is 12.8. The van der Waals surface area contributed by atoms with Gasteiger partial charge in [0.15, 0.2) is 11.6 Å². The van der Waals surface area contributed by atoms with Gasteiger partial charge in [-0.15, -0.1) is 0 Å². The van der Waals surface area contributed by atoms with Crippen LogP contribution in [0.3, 0.4) is 0 Å². The van der Waals surface area contributed by atoms with E-state index in [-0.39, 0.29) is 29.4 Å². The molecule has 27 heavy (non-hydrogen) atoms. The topological polar surface area (TPSA) is 69.4 Å². The second kappa shape index (κ2) is 6.81. The smallest absolute Gasteiger partial charge is 0.196 e. The number of fused-ring (bicyclic) bond motifs is 2. The molecular weight excluding hydrogens is 338 g/mol. The molecule has 1 aliphatic carbocycles. The first-order valence-corrected chi connectivity index (χ1v) is 8.44. The average molecular weight is 353 g/mol. The summed E-state index contributed by atoms with van der Waals surface area (Å²) in [6, 6.07) is 19.4. The highest BCUT2D eigenvalue weighted by Gasteiger charge is 2.31. The van der Waals surface area contributed by atoms with Gasteiger partial charge in [-0.25, -0.2) is 0 Å². The number of rotatable bonds is 2. The van der Waals surface area contributed by atoms with Crippen LogP contribution in [0.4, 0.5) is 5.69 Å². The Hall–Kier alpha value is -3.84. The van der Waals surface area contributed by atoms with Gasteiger partial charge in [0, 0.05) is 22.3 Å². The molecule has 4 nitrogen and oxygen atoms in total. The Morgan fingerprint density at radius 2 is 1.44 bits per heavy atom. The Morgan fingerprint density at radius 1 is 0.778 bits per heavy atom. The number of nitrogen functional groups attached to an aromatic ring is 1. The molecule has 0 saturated carbocycles. The Balaban J connectivity index is 1.64. The summed E-state index contributed by atoms with van der Waals surface area (Å²) >= 11 is 0. The zero-order chi connectivity index (χ0) is 18.8. The van der Waals surface area contributed by atoms with Gasteiger partial charge >= 0.3 is 0 Å². The third-order valence-corrected chi connectivity index (χ3v) is 4.41. The predicted octanol–water partition coefficient (Wildman–Crippen LogP) is 3.47. The van der Waals surface area contributed by atoms with E-state index in [2.05, 4.69) is 11.8 Å². The Labute approximate surface area is 156 Å². The fourth-order valence-electron chi connectivity index (χ4n) is 3.09. The van der Waals surface area contributed by atoms with Crippen LogP contribution in [0, 0.1) is 11.8 Å². The van der Waals surface area contributed by atoms with Crippen LogP contribution < -0.4 is 10.5 Å². The van der Waals surface area contributed by atoms with Crippen LogP contribution in [0.5, 0.6) is 5.75 Å². The van der Waals surface area contributed by atoms with Crippen molar-refractivity contribution in [2.24, 2.45) is 0 Å². The first kappa shape index (κ1) is 16.6. The molecule has 0 heterocycles. The molecule has 0 bridgehead atoms. The van der Waals surface area contributed by atoms with Crippen molar-refractivity contribution in [2.45, 2.75) is 0 Å². The average Bonchev–Trinajstić information content (AvgIpc) is 2.71. The lowest BCUT2D eigenvalue weighted by Crippen LogP contribution is -2.22. The van der Waals surface area contributed by atoms with E-state index in [1.165, 1.54) is 0 Å². The van der Waals surface area contributed by atoms with Crippen LogP contribution in [-0.4, -0.2) is 18.2 Å². The van der Waals surface area contributed by atoms with Crippen LogP contribution in [0.25, 0.3) is 0 Å². The van der Waals surface area contributed by atoms with E-state index in [9.17, 15) is 9.59 Å². The van der Waals surface area contributed by atoms with Crippen LogP contribution in [0.1, 0.15) is 37.4 Å². The number of anilines is 1. The summed E-state index contributed by atoms with van der Waals surface area (Å²) in [6.45, 7) is 0.191. The highest BCUT2D eigenvalue weighted by Crippen LogP contribution is 2.32. The van der Waals surface area contributed by atoms with E-state index in [0.29, 0.717) is 22.3 Å². The van der Waals surface area contributed by atoms with E-state index >= 15 is 0 Å². The van der Waals surface area contributed by atoms with Gasteiger partial charge in [-0.1, -0.05) is 54.3 Å². The number of ketones is 2. The second-order valence-corrected chi connectivity index (χ2v) is 6.06. The standard InChI is InChI=1S/C23H15NO3/c24-21-15(7-6-14-27-16-8-2-1-3-9-16)12-13-19-20(21)23(26)18-11-5-4-10-17(18)22(19)25/h1-5,8-13H,14,24H2. The van der Waals surface area contributed by atoms with Gasteiger partial charge in [-0.3, -0.25) is 9.59 Å². The number of hydrogen-bond donors (Lipinski definition) is 1. The first-order chi connectivity index (χ1) is 13.2. The van der Waals surface area contributed by atoms with Gasteiger partial charge in [0.05, 0.1) is 11.3 Å². The maximum atomic E-state index is 12.8. The van der Waals surface area contributed by atoms with Crippen LogP contribution in [0.2, 0.25) is 0 Å². The number of carbonyl (C=O) groups excluding carboxylic acids is 2. The van der Waals surface area contributed by atoms with Crippen molar-refractivity contribution in [1.29, 1.82) is 0 Å². The van der Waals surface area contributed by atoms with Crippen molar-refractivity contribution >= 4 is 17.3 Å². The number of benzene rings is 3.